The SMILES string of the molecule is CNC(c1ccoc1)c1cnn(-c2ccccc2)c1. The molecule has 1 N–H and O–H groups in total. The first kappa shape index (κ1) is 11.7. The van der Waals surface area contributed by atoms with Gasteiger partial charge in [-0.25, -0.2) is 4.68 Å². The van der Waals surface area contributed by atoms with Gasteiger partial charge in [-0.05, 0) is 25.2 Å². The van der Waals surface area contributed by atoms with Crippen molar-refractivity contribution >= 4 is 0 Å². The molecule has 1 atom stereocenters. The first-order chi connectivity index (χ1) is 9.38. The summed E-state index contributed by atoms with van der Waals surface area (Å²) in [5.74, 6) is 0. The van der Waals surface area contributed by atoms with E-state index in [1.807, 2.05) is 60.5 Å². The van der Waals surface area contributed by atoms with E-state index in [1.165, 1.54) is 0 Å². The van der Waals surface area contributed by atoms with Crippen LogP contribution in [0.15, 0.2) is 65.7 Å². The van der Waals surface area contributed by atoms with Crippen LogP contribution in [-0.4, -0.2) is 16.8 Å². The normalized spacial score (nSPS) is 12.5. The summed E-state index contributed by atoms with van der Waals surface area (Å²) < 4.78 is 7.02. The molecular formula is C15H15N3O. The van der Waals surface area contributed by atoms with E-state index < -0.39 is 0 Å². The topological polar surface area (TPSA) is 43.0 Å². The van der Waals surface area contributed by atoms with Gasteiger partial charge in [-0.3, -0.25) is 0 Å². The number of furan rings is 1. The third-order valence-electron chi connectivity index (χ3n) is 3.12. The largest absolute Gasteiger partial charge is 0.472 e. The standard InChI is InChI=1S/C15H15N3O/c1-16-15(12-7-8-19-11-12)13-9-17-18(10-13)14-5-3-2-4-6-14/h2-11,15-16H,1H3. The van der Waals surface area contributed by atoms with Crippen LogP contribution >= 0.6 is 0 Å². The summed E-state index contributed by atoms with van der Waals surface area (Å²) in [4.78, 5) is 0. The van der Waals surface area contributed by atoms with E-state index in [9.17, 15) is 0 Å². The fourth-order valence-electron chi connectivity index (χ4n) is 2.17. The van der Waals surface area contributed by atoms with E-state index in [0.29, 0.717) is 0 Å². The van der Waals surface area contributed by atoms with Crippen molar-refractivity contribution < 1.29 is 4.42 Å². The molecule has 4 heteroatoms. The molecule has 0 aliphatic rings. The molecule has 3 rings (SSSR count). The lowest BCUT2D eigenvalue weighted by Gasteiger charge is -2.11. The molecule has 0 aliphatic carbocycles. The zero-order valence-electron chi connectivity index (χ0n) is 10.7. The fourth-order valence-corrected chi connectivity index (χ4v) is 2.17. The minimum Gasteiger partial charge on any atom is -0.472 e. The Morgan fingerprint density at radius 2 is 2.00 bits per heavy atom. The molecule has 1 unspecified atom stereocenters. The van der Waals surface area contributed by atoms with E-state index >= 15 is 0 Å². The van der Waals surface area contributed by atoms with Crippen molar-refractivity contribution in [3.8, 4) is 5.69 Å². The summed E-state index contributed by atoms with van der Waals surface area (Å²) in [6, 6.07) is 12.1. The number of aromatic nitrogens is 2. The average molecular weight is 253 g/mol. The number of hydrogen-bond donors (Lipinski definition) is 1. The highest BCUT2D eigenvalue weighted by Crippen LogP contribution is 2.22. The second-order valence-electron chi connectivity index (χ2n) is 4.33. The summed E-state index contributed by atoms with van der Waals surface area (Å²) in [5, 5.41) is 7.68. The lowest BCUT2D eigenvalue weighted by molar-refractivity contribution is 0.557. The van der Waals surface area contributed by atoms with Crippen LogP contribution in [0.3, 0.4) is 0 Å². The molecule has 0 aliphatic heterocycles. The van der Waals surface area contributed by atoms with Gasteiger partial charge in [0.25, 0.3) is 0 Å². The highest BCUT2D eigenvalue weighted by Gasteiger charge is 2.15. The maximum atomic E-state index is 5.14. The predicted molar refractivity (Wildman–Crippen MR) is 73.2 cm³/mol. The van der Waals surface area contributed by atoms with E-state index in [4.69, 9.17) is 4.42 Å². The maximum Gasteiger partial charge on any atom is 0.0953 e. The fraction of sp³-hybridized carbons (Fsp3) is 0.133. The van der Waals surface area contributed by atoms with Crippen molar-refractivity contribution in [1.29, 1.82) is 0 Å². The van der Waals surface area contributed by atoms with Crippen LogP contribution in [0.2, 0.25) is 0 Å². The van der Waals surface area contributed by atoms with Crippen LogP contribution in [0.4, 0.5) is 0 Å². The van der Waals surface area contributed by atoms with Gasteiger partial charge in [0.1, 0.15) is 0 Å². The monoisotopic (exact) mass is 253 g/mol. The number of hydrogen-bond acceptors (Lipinski definition) is 3. The van der Waals surface area contributed by atoms with Crippen molar-refractivity contribution in [3.05, 3.63) is 72.4 Å². The number of para-hydroxylation sites is 1. The molecular weight excluding hydrogens is 238 g/mol. The molecule has 0 spiro atoms. The van der Waals surface area contributed by atoms with Gasteiger partial charge in [0, 0.05) is 17.3 Å². The first-order valence-electron chi connectivity index (χ1n) is 6.18. The number of rotatable bonds is 4. The van der Waals surface area contributed by atoms with Gasteiger partial charge in [0.15, 0.2) is 0 Å². The molecule has 0 radical (unpaired) electrons. The van der Waals surface area contributed by atoms with Gasteiger partial charge in [-0.1, -0.05) is 18.2 Å². The number of benzene rings is 1. The second kappa shape index (κ2) is 5.12. The Balaban J connectivity index is 1.93. The van der Waals surface area contributed by atoms with Gasteiger partial charge in [-0.15, -0.1) is 0 Å². The van der Waals surface area contributed by atoms with E-state index in [2.05, 4.69) is 10.4 Å². The molecule has 0 saturated carbocycles. The summed E-state index contributed by atoms with van der Waals surface area (Å²) in [7, 11) is 1.93. The van der Waals surface area contributed by atoms with Gasteiger partial charge in [0.05, 0.1) is 30.5 Å². The summed E-state index contributed by atoms with van der Waals surface area (Å²) in [5.41, 5.74) is 3.25. The van der Waals surface area contributed by atoms with E-state index in [0.717, 1.165) is 16.8 Å². The Hall–Kier alpha value is -2.33. The van der Waals surface area contributed by atoms with Gasteiger partial charge in [0.2, 0.25) is 0 Å². The second-order valence-corrected chi connectivity index (χ2v) is 4.33. The zero-order chi connectivity index (χ0) is 13.1. The molecule has 96 valence electrons. The molecule has 4 nitrogen and oxygen atoms in total. The molecule has 0 saturated heterocycles. The Kier molecular flexibility index (Phi) is 3.16. The average Bonchev–Trinajstić information content (AvgIpc) is 3.12. The van der Waals surface area contributed by atoms with Crippen LogP contribution in [0.25, 0.3) is 5.69 Å². The van der Waals surface area contributed by atoms with Crippen LogP contribution in [0.5, 0.6) is 0 Å². The molecule has 1 aromatic carbocycles. The summed E-state index contributed by atoms with van der Waals surface area (Å²) in [6.07, 6.45) is 7.34. The third kappa shape index (κ3) is 2.30. The van der Waals surface area contributed by atoms with Crippen LogP contribution in [-0.2, 0) is 0 Å². The molecule has 19 heavy (non-hydrogen) atoms. The lowest BCUT2D eigenvalue weighted by Crippen LogP contribution is -2.16. The molecule has 0 fully saturated rings. The smallest absolute Gasteiger partial charge is 0.0953 e. The lowest BCUT2D eigenvalue weighted by atomic mass is 10.1. The Morgan fingerprint density at radius 3 is 2.68 bits per heavy atom. The van der Waals surface area contributed by atoms with Crippen molar-refractivity contribution in [2.24, 2.45) is 0 Å². The highest BCUT2D eigenvalue weighted by molar-refractivity contribution is 5.33. The third-order valence-corrected chi connectivity index (χ3v) is 3.12. The maximum absolute atomic E-state index is 5.14. The van der Waals surface area contributed by atoms with Gasteiger partial charge >= 0.3 is 0 Å². The van der Waals surface area contributed by atoms with Crippen LogP contribution < -0.4 is 5.32 Å². The summed E-state index contributed by atoms with van der Waals surface area (Å²) in [6.45, 7) is 0. The minimum atomic E-state index is 0.0937. The molecule has 2 heterocycles. The molecule has 0 bridgehead atoms. The van der Waals surface area contributed by atoms with E-state index in [1.54, 1.807) is 12.5 Å². The molecule has 0 amide bonds. The summed E-state index contributed by atoms with van der Waals surface area (Å²) >= 11 is 0. The predicted octanol–water partition coefficient (Wildman–Crippen LogP) is 2.77. The Labute approximate surface area is 111 Å². The Bertz CT molecular complexity index is 628. The van der Waals surface area contributed by atoms with Crippen molar-refractivity contribution in [2.75, 3.05) is 7.05 Å². The zero-order valence-corrected chi connectivity index (χ0v) is 10.7. The van der Waals surface area contributed by atoms with Gasteiger partial charge < -0.3 is 9.73 Å². The molecule has 2 aromatic heterocycles. The number of nitrogens with zero attached hydrogens (tertiary/aromatic N) is 2. The van der Waals surface area contributed by atoms with Crippen molar-refractivity contribution in [3.63, 3.8) is 0 Å². The van der Waals surface area contributed by atoms with Crippen LogP contribution in [0.1, 0.15) is 17.2 Å². The quantitative estimate of drug-likeness (QED) is 0.777. The first-order valence-corrected chi connectivity index (χ1v) is 6.18. The molecule has 3 aromatic rings. The van der Waals surface area contributed by atoms with Crippen molar-refractivity contribution in [2.45, 2.75) is 6.04 Å². The van der Waals surface area contributed by atoms with Crippen LogP contribution in [0, 0.1) is 0 Å². The number of nitrogens with one attached hydrogen (secondary N) is 1. The van der Waals surface area contributed by atoms with Gasteiger partial charge in [-0.2, -0.15) is 5.10 Å². The van der Waals surface area contributed by atoms with E-state index in [-0.39, 0.29) is 6.04 Å². The highest BCUT2D eigenvalue weighted by atomic mass is 16.3. The Morgan fingerprint density at radius 1 is 1.16 bits per heavy atom. The minimum absolute atomic E-state index is 0.0937. The van der Waals surface area contributed by atoms with Crippen molar-refractivity contribution in [1.82, 2.24) is 15.1 Å².